The minimum absolute atomic E-state index is 0.0126. The fourth-order valence-corrected chi connectivity index (χ4v) is 13.6. The number of benzene rings is 1. The highest BCUT2D eigenvalue weighted by atomic mass is 32.1. The largest absolute Gasteiger partial charge is 0.476 e. The van der Waals surface area contributed by atoms with Crippen molar-refractivity contribution in [3.8, 4) is 11.1 Å². The molecule has 2 N–H and O–H groups in total. The van der Waals surface area contributed by atoms with Gasteiger partial charge in [-0.2, -0.15) is 5.10 Å². The number of thiazole rings is 1. The number of hydrogen-bond donors (Lipinski definition) is 2. The molecule has 5 aromatic rings. The zero-order valence-corrected chi connectivity index (χ0v) is 35.9. The number of carbonyl (C=O) groups is 1. The molecule has 14 heteroatoms. The molecule has 6 heterocycles. The van der Waals surface area contributed by atoms with Crippen molar-refractivity contribution < 1.29 is 14.6 Å². The maximum Gasteiger partial charge on any atom is 0.355 e. The van der Waals surface area contributed by atoms with Gasteiger partial charge >= 0.3 is 5.97 Å². The Labute approximate surface area is 350 Å². The van der Waals surface area contributed by atoms with Gasteiger partial charge in [-0.1, -0.05) is 37.3 Å². The first-order valence-electron chi connectivity index (χ1n) is 21.4. The number of nitrogens with zero attached hydrogens (tertiary/aromatic N) is 9. The van der Waals surface area contributed by atoms with Crippen LogP contribution >= 0.6 is 11.3 Å². The van der Waals surface area contributed by atoms with Gasteiger partial charge in [0.25, 0.3) is 0 Å². The first-order chi connectivity index (χ1) is 28.3. The molecule has 4 aromatic heterocycles. The topological polar surface area (TPSA) is 138 Å². The summed E-state index contributed by atoms with van der Waals surface area (Å²) in [6.45, 7) is 16.9. The van der Waals surface area contributed by atoms with Crippen LogP contribution < -0.4 is 10.2 Å². The van der Waals surface area contributed by atoms with E-state index in [-0.39, 0.29) is 27.5 Å². The molecule has 0 spiro atoms. The molecule has 310 valence electrons. The second-order valence-corrected chi connectivity index (χ2v) is 20.4. The number of anilines is 4. The number of likely N-dealkylation sites (N-methyl/N-ethyl adjacent to an activating group) is 1. The van der Waals surface area contributed by atoms with Crippen LogP contribution in [0.4, 0.5) is 22.6 Å². The van der Waals surface area contributed by atoms with Gasteiger partial charge < -0.3 is 25.0 Å². The van der Waals surface area contributed by atoms with Gasteiger partial charge in [-0.15, -0.1) is 10.2 Å². The molecule has 0 unspecified atom stereocenters. The van der Waals surface area contributed by atoms with Crippen LogP contribution in [0, 0.1) is 30.1 Å². The lowest BCUT2D eigenvalue weighted by Crippen LogP contribution is -2.64. The second-order valence-electron chi connectivity index (χ2n) is 19.4. The van der Waals surface area contributed by atoms with Crippen molar-refractivity contribution in [2.24, 2.45) is 16.2 Å². The van der Waals surface area contributed by atoms with E-state index in [1.807, 2.05) is 41.4 Å². The summed E-state index contributed by atoms with van der Waals surface area (Å²) in [6.07, 6.45) is 10.5. The van der Waals surface area contributed by atoms with Crippen molar-refractivity contribution in [3.63, 3.8) is 0 Å². The molecule has 6 aliphatic rings. The molecule has 4 saturated carbocycles. The Bertz CT molecular complexity index is 2390. The molecule has 59 heavy (non-hydrogen) atoms. The van der Waals surface area contributed by atoms with E-state index in [0.29, 0.717) is 29.6 Å². The maximum atomic E-state index is 13.0. The molecule has 13 nitrogen and oxygen atoms in total. The predicted octanol–water partition coefficient (Wildman–Crippen LogP) is 7.87. The third-order valence-corrected chi connectivity index (χ3v) is 15.2. The Morgan fingerprint density at radius 2 is 1.69 bits per heavy atom. The second kappa shape index (κ2) is 14.3. The van der Waals surface area contributed by atoms with Gasteiger partial charge in [0.05, 0.1) is 28.6 Å². The summed E-state index contributed by atoms with van der Waals surface area (Å²) in [4.78, 5) is 29.5. The summed E-state index contributed by atoms with van der Waals surface area (Å²) < 4.78 is 10.3. The number of ether oxygens (including phenoxy) is 1. The lowest BCUT2D eigenvalue weighted by Gasteiger charge is -2.69. The van der Waals surface area contributed by atoms with E-state index in [2.05, 4.69) is 70.8 Å². The summed E-state index contributed by atoms with van der Waals surface area (Å²) in [5.74, 6) is 0.864. The standard InChI is InChI=1S/C45H56N10O3S/c1-29-31-9-8-14-54(39(31)51-50-38(29)49-41-47-34-10-6-7-11-35(34)59-41)36-13-12-32(37(48-36)40(56)57)33-21-46-55(30(33)2)28-44-23-42(3)22-43(4,24-44)26-45(25-42,27-44)58-20-19-53-17-15-52(5)16-18-53/h6-7,10-13,21H,8-9,14-20,22-28H2,1-5H3,(H,56,57)(H,47,49,50)/t42-,43+,44+,45-. The van der Waals surface area contributed by atoms with Crippen LogP contribution in [0.3, 0.4) is 0 Å². The quantitative estimate of drug-likeness (QED) is 0.134. The molecule has 4 aliphatic carbocycles. The van der Waals surface area contributed by atoms with Gasteiger partial charge in [-0.3, -0.25) is 9.58 Å². The van der Waals surface area contributed by atoms with Crippen LogP contribution in [0.15, 0.2) is 42.6 Å². The van der Waals surface area contributed by atoms with E-state index in [1.165, 1.54) is 19.3 Å². The van der Waals surface area contributed by atoms with E-state index in [1.54, 1.807) is 11.3 Å². The van der Waals surface area contributed by atoms with E-state index in [9.17, 15) is 9.90 Å². The van der Waals surface area contributed by atoms with Gasteiger partial charge in [0.2, 0.25) is 0 Å². The highest BCUT2D eigenvalue weighted by Gasteiger charge is 2.66. The Morgan fingerprint density at radius 3 is 2.46 bits per heavy atom. The van der Waals surface area contributed by atoms with Crippen LogP contribution in [0.1, 0.15) is 86.1 Å². The molecule has 2 aliphatic heterocycles. The van der Waals surface area contributed by atoms with Crippen molar-refractivity contribution in [2.45, 2.75) is 91.2 Å². The lowest BCUT2D eigenvalue weighted by molar-refractivity contribution is -0.249. The number of nitrogens with one attached hydrogen (secondary N) is 1. The summed E-state index contributed by atoms with van der Waals surface area (Å²) >= 11 is 1.58. The van der Waals surface area contributed by atoms with Gasteiger partial charge in [-0.05, 0) is 113 Å². The summed E-state index contributed by atoms with van der Waals surface area (Å²) in [5, 5.41) is 29.0. The third kappa shape index (κ3) is 7.09. The number of hydrogen-bond acceptors (Lipinski definition) is 12. The molecule has 0 amide bonds. The number of pyridine rings is 1. The number of aromatic nitrogens is 6. The molecule has 4 atom stereocenters. The number of fused-ring (bicyclic) bond motifs is 2. The van der Waals surface area contributed by atoms with Gasteiger partial charge in [0, 0.05) is 73.8 Å². The average molecular weight is 817 g/mol. The predicted molar refractivity (Wildman–Crippen MR) is 231 cm³/mol. The van der Waals surface area contributed by atoms with Crippen molar-refractivity contribution in [3.05, 3.63) is 65.1 Å². The Hall–Kier alpha value is -4.50. The van der Waals surface area contributed by atoms with Gasteiger partial charge in [0.15, 0.2) is 22.5 Å². The van der Waals surface area contributed by atoms with Gasteiger partial charge in [0.1, 0.15) is 5.82 Å². The molecular weight excluding hydrogens is 761 g/mol. The SMILES string of the molecule is Cc1c(Nc2nc3ccccc3s2)nnc2c1CCCN2c1ccc(-c2cnn(C[C@]34C[C@]5(C)C[C@](C)(C3)C[C@@](OCCN3CCN(C)CC3)(C5)C4)c2C)c(C(=O)O)n1. The van der Waals surface area contributed by atoms with Crippen molar-refractivity contribution in [1.82, 2.24) is 39.7 Å². The van der Waals surface area contributed by atoms with Crippen molar-refractivity contribution in [2.75, 3.05) is 63.1 Å². The highest BCUT2D eigenvalue weighted by Crippen LogP contribution is 2.72. The molecule has 1 saturated heterocycles. The number of aromatic carboxylic acids is 1. The zero-order chi connectivity index (χ0) is 40.7. The van der Waals surface area contributed by atoms with Crippen molar-refractivity contribution >= 4 is 50.1 Å². The summed E-state index contributed by atoms with van der Waals surface area (Å²) in [6, 6.07) is 11.9. The minimum atomic E-state index is -1.07. The first kappa shape index (κ1) is 38.7. The minimum Gasteiger partial charge on any atom is -0.476 e. The molecule has 4 bridgehead atoms. The van der Waals surface area contributed by atoms with Crippen LogP contribution in [0.5, 0.6) is 0 Å². The van der Waals surface area contributed by atoms with E-state index < -0.39 is 5.97 Å². The van der Waals surface area contributed by atoms with E-state index in [4.69, 9.17) is 19.8 Å². The summed E-state index contributed by atoms with van der Waals surface area (Å²) in [7, 11) is 2.21. The first-order valence-corrected chi connectivity index (χ1v) is 22.2. The molecule has 11 rings (SSSR count). The molecule has 0 radical (unpaired) electrons. The van der Waals surface area contributed by atoms with Gasteiger partial charge in [-0.25, -0.2) is 14.8 Å². The lowest BCUT2D eigenvalue weighted by atomic mass is 9.39. The third-order valence-electron chi connectivity index (χ3n) is 14.2. The Balaban J connectivity index is 0.890. The number of carboxylic acids is 1. The van der Waals surface area contributed by atoms with E-state index >= 15 is 0 Å². The normalized spacial score (nSPS) is 28.1. The van der Waals surface area contributed by atoms with Crippen LogP contribution in [-0.4, -0.2) is 109 Å². The average Bonchev–Trinajstić information content (AvgIpc) is 3.76. The van der Waals surface area contributed by atoms with Crippen molar-refractivity contribution in [1.29, 1.82) is 0 Å². The molecule has 5 fully saturated rings. The summed E-state index contributed by atoms with van der Waals surface area (Å²) in [5.41, 5.74) is 5.83. The highest BCUT2D eigenvalue weighted by molar-refractivity contribution is 7.22. The molecular formula is C45H56N10O3S. The van der Waals surface area contributed by atoms with Crippen LogP contribution in [0.25, 0.3) is 21.3 Å². The maximum absolute atomic E-state index is 13.0. The zero-order valence-electron chi connectivity index (χ0n) is 35.1. The fraction of sp³-hybridized carbons (Fsp3) is 0.556. The van der Waals surface area contributed by atoms with E-state index in [0.717, 1.165) is 116 Å². The number of carboxylic acid groups (broad SMARTS) is 1. The van der Waals surface area contributed by atoms with Crippen LogP contribution in [0.2, 0.25) is 0 Å². The number of rotatable bonds is 11. The molecule has 1 aromatic carbocycles. The Kier molecular flexibility index (Phi) is 9.39. The fourth-order valence-electron chi connectivity index (χ4n) is 12.7. The Morgan fingerprint density at radius 1 is 0.915 bits per heavy atom. The van der Waals surface area contributed by atoms with Crippen LogP contribution in [-0.2, 0) is 17.7 Å². The number of piperazine rings is 1. The monoisotopic (exact) mass is 816 g/mol. The number of para-hydroxylation sites is 1. The smallest absolute Gasteiger partial charge is 0.355 e.